The summed E-state index contributed by atoms with van der Waals surface area (Å²) in [5.74, 6) is 0. The number of hydrogen-bond donors (Lipinski definition) is 0. The Balaban J connectivity index is 0.000000187. The third-order valence-corrected chi connectivity index (χ3v) is 0.667. The molecule has 0 saturated carbocycles. The van der Waals surface area contributed by atoms with Crippen molar-refractivity contribution in [1.29, 1.82) is 0 Å². The summed E-state index contributed by atoms with van der Waals surface area (Å²) in [6.45, 7) is 0. The third-order valence-electron chi connectivity index (χ3n) is 0.667. The normalized spacial score (nSPS) is 9.82. The van der Waals surface area contributed by atoms with Gasteiger partial charge in [0.15, 0.2) is 0 Å². The van der Waals surface area contributed by atoms with Gasteiger partial charge in [-0.3, -0.25) is 0 Å². The van der Waals surface area contributed by atoms with E-state index in [4.69, 9.17) is 0 Å². The zero-order chi connectivity index (χ0) is 8.74. The van der Waals surface area contributed by atoms with E-state index in [9.17, 15) is 13.2 Å². The molecule has 0 aliphatic rings. The fourth-order valence-electron chi connectivity index (χ4n) is 0.385. The van der Waals surface area contributed by atoms with Crippen molar-refractivity contribution in [3.63, 3.8) is 0 Å². The predicted molar refractivity (Wildman–Crippen MR) is 46.5 cm³/mol. The molecular formula is C7H6F3I. The second kappa shape index (κ2) is 5.40. The zero-order valence-electron chi connectivity index (χ0n) is 5.48. The van der Waals surface area contributed by atoms with Crippen LogP contribution in [0.2, 0.25) is 0 Å². The van der Waals surface area contributed by atoms with Crippen LogP contribution in [0.5, 0.6) is 0 Å². The average Bonchev–Trinajstić information content (AvgIpc) is 1.88. The first-order valence-corrected chi connectivity index (χ1v) is 3.83. The molecule has 0 N–H and O–H groups in total. The van der Waals surface area contributed by atoms with Crippen LogP contribution in [0.4, 0.5) is 13.2 Å². The second-order valence-electron chi connectivity index (χ2n) is 1.58. The first-order chi connectivity index (χ1) is 5.00. The number of rotatable bonds is 0. The van der Waals surface area contributed by atoms with Crippen LogP contribution in [0.25, 0.3) is 0 Å². The molecule has 4 heteroatoms. The summed E-state index contributed by atoms with van der Waals surface area (Å²) >= 11 is 0.378. The SMILES string of the molecule is FC(F)(F)I.c1ccccc1. The Hall–Kier alpha value is -0.260. The van der Waals surface area contributed by atoms with Crippen LogP contribution in [-0.4, -0.2) is 4.18 Å². The number of benzene rings is 1. The molecule has 11 heavy (non-hydrogen) atoms. The molecule has 0 atom stereocenters. The Morgan fingerprint density at radius 3 is 0.909 bits per heavy atom. The van der Waals surface area contributed by atoms with Crippen molar-refractivity contribution in [2.75, 3.05) is 0 Å². The Kier molecular flexibility index (Phi) is 5.27. The highest BCUT2D eigenvalue weighted by Gasteiger charge is 2.19. The van der Waals surface area contributed by atoms with Gasteiger partial charge in [0.1, 0.15) is 0 Å². The molecule has 0 aliphatic carbocycles. The molecule has 0 aromatic heterocycles. The van der Waals surface area contributed by atoms with Crippen LogP contribution in [0.3, 0.4) is 0 Å². The third kappa shape index (κ3) is 17.7. The van der Waals surface area contributed by atoms with Crippen LogP contribution >= 0.6 is 22.6 Å². The molecule has 0 fully saturated rings. The Morgan fingerprint density at radius 1 is 0.727 bits per heavy atom. The van der Waals surface area contributed by atoms with Gasteiger partial charge in [0.05, 0.1) is 0 Å². The van der Waals surface area contributed by atoms with Crippen LogP contribution in [0.1, 0.15) is 0 Å². The van der Waals surface area contributed by atoms with Gasteiger partial charge < -0.3 is 0 Å². The van der Waals surface area contributed by atoms with Crippen molar-refractivity contribution in [2.45, 2.75) is 4.18 Å². The zero-order valence-corrected chi connectivity index (χ0v) is 7.63. The summed E-state index contributed by atoms with van der Waals surface area (Å²) in [4.78, 5) is 0. The first-order valence-electron chi connectivity index (χ1n) is 2.76. The van der Waals surface area contributed by atoms with Crippen LogP contribution in [-0.2, 0) is 0 Å². The summed E-state index contributed by atoms with van der Waals surface area (Å²) in [5.41, 5.74) is 0. The van der Waals surface area contributed by atoms with Crippen molar-refractivity contribution in [2.24, 2.45) is 0 Å². The summed E-state index contributed by atoms with van der Waals surface area (Å²) in [5, 5.41) is 0. The molecule has 0 nitrogen and oxygen atoms in total. The lowest BCUT2D eigenvalue weighted by Gasteiger charge is -1.85. The number of halogens is 4. The molecule has 0 unspecified atom stereocenters. The van der Waals surface area contributed by atoms with Gasteiger partial charge in [-0.25, -0.2) is 0 Å². The van der Waals surface area contributed by atoms with Gasteiger partial charge in [0.25, 0.3) is 0 Å². The maximum Gasteiger partial charge on any atom is 0.441 e. The predicted octanol–water partition coefficient (Wildman–Crippen LogP) is 3.63. The first kappa shape index (κ1) is 10.7. The molecule has 62 valence electrons. The fraction of sp³-hybridized carbons (Fsp3) is 0.143. The minimum absolute atomic E-state index is 0.378. The Labute approximate surface area is 76.6 Å². The lowest BCUT2D eigenvalue weighted by molar-refractivity contribution is -0.0125. The summed E-state index contributed by atoms with van der Waals surface area (Å²) < 4.78 is 27.0. The quantitative estimate of drug-likeness (QED) is 0.500. The van der Waals surface area contributed by atoms with E-state index in [0.717, 1.165) is 0 Å². The number of alkyl halides is 4. The summed E-state index contributed by atoms with van der Waals surface area (Å²) in [6, 6.07) is 12.0. The molecule has 0 heterocycles. The van der Waals surface area contributed by atoms with Gasteiger partial charge in [0.2, 0.25) is 0 Å². The smallest absolute Gasteiger partial charge is 0.161 e. The van der Waals surface area contributed by atoms with Crippen molar-refractivity contribution in [1.82, 2.24) is 0 Å². The van der Waals surface area contributed by atoms with E-state index in [2.05, 4.69) is 0 Å². The molecule has 1 aromatic rings. The topological polar surface area (TPSA) is 0 Å². The maximum atomic E-state index is 10.3. The lowest BCUT2D eigenvalue weighted by Crippen LogP contribution is -1.87. The van der Waals surface area contributed by atoms with Crippen molar-refractivity contribution < 1.29 is 13.2 Å². The van der Waals surface area contributed by atoms with Crippen molar-refractivity contribution in [3.05, 3.63) is 36.4 Å². The highest BCUT2D eigenvalue weighted by Crippen LogP contribution is 2.22. The molecule has 1 aromatic carbocycles. The maximum absolute atomic E-state index is 10.3. The summed E-state index contributed by atoms with van der Waals surface area (Å²) in [6.07, 6.45) is 0. The van der Waals surface area contributed by atoms with E-state index in [0.29, 0.717) is 22.6 Å². The minimum atomic E-state index is -4.03. The minimum Gasteiger partial charge on any atom is -0.161 e. The van der Waals surface area contributed by atoms with Gasteiger partial charge in [-0.1, -0.05) is 36.4 Å². The Morgan fingerprint density at radius 2 is 0.818 bits per heavy atom. The molecule has 0 spiro atoms. The molecule has 0 amide bonds. The van der Waals surface area contributed by atoms with Crippen LogP contribution in [0, 0.1) is 0 Å². The highest BCUT2D eigenvalue weighted by molar-refractivity contribution is 14.1. The molecule has 0 bridgehead atoms. The molecule has 0 radical (unpaired) electrons. The van der Waals surface area contributed by atoms with Crippen molar-refractivity contribution >= 4 is 22.6 Å². The monoisotopic (exact) mass is 274 g/mol. The van der Waals surface area contributed by atoms with Crippen LogP contribution in [0.15, 0.2) is 36.4 Å². The molecule has 0 saturated heterocycles. The largest absolute Gasteiger partial charge is 0.441 e. The van der Waals surface area contributed by atoms with E-state index in [-0.39, 0.29) is 0 Å². The van der Waals surface area contributed by atoms with Gasteiger partial charge in [0, 0.05) is 22.6 Å². The van der Waals surface area contributed by atoms with Gasteiger partial charge >= 0.3 is 4.18 Å². The van der Waals surface area contributed by atoms with E-state index >= 15 is 0 Å². The molecule has 1 rings (SSSR count). The van der Waals surface area contributed by atoms with E-state index in [1.807, 2.05) is 36.4 Å². The van der Waals surface area contributed by atoms with E-state index in [1.54, 1.807) is 0 Å². The van der Waals surface area contributed by atoms with E-state index in [1.165, 1.54) is 0 Å². The van der Waals surface area contributed by atoms with Gasteiger partial charge in [-0.05, 0) is 0 Å². The lowest BCUT2D eigenvalue weighted by atomic mass is 10.4. The second-order valence-corrected chi connectivity index (χ2v) is 2.81. The average molecular weight is 274 g/mol. The van der Waals surface area contributed by atoms with Crippen molar-refractivity contribution in [3.8, 4) is 0 Å². The summed E-state index contributed by atoms with van der Waals surface area (Å²) in [7, 11) is 0. The van der Waals surface area contributed by atoms with Gasteiger partial charge in [-0.15, -0.1) is 0 Å². The fourth-order valence-corrected chi connectivity index (χ4v) is 0.385. The standard InChI is InChI=1S/C6H6.CF3I/c1-2-4-6-5-3-1;2-1(3,4)5/h1-6H;. The molecule has 0 aliphatic heterocycles. The number of hydrogen-bond acceptors (Lipinski definition) is 0. The van der Waals surface area contributed by atoms with Gasteiger partial charge in [-0.2, -0.15) is 13.2 Å². The molecular weight excluding hydrogens is 268 g/mol. The van der Waals surface area contributed by atoms with Crippen LogP contribution < -0.4 is 0 Å². The highest BCUT2D eigenvalue weighted by atomic mass is 127. The Bertz CT molecular complexity index is 138. The van der Waals surface area contributed by atoms with E-state index < -0.39 is 4.18 Å².